The molecular weight excluding hydrogens is 199 g/mol. The zero-order valence-electron chi connectivity index (χ0n) is 8.85. The summed E-state index contributed by atoms with van der Waals surface area (Å²) < 4.78 is 17.8. The van der Waals surface area contributed by atoms with Gasteiger partial charge in [0.1, 0.15) is 0 Å². The van der Waals surface area contributed by atoms with E-state index in [1.807, 2.05) is 0 Å². The van der Waals surface area contributed by atoms with E-state index in [9.17, 15) is 4.57 Å². The van der Waals surface area contributed by atoms with E-state index >= 15 is 0 Å². The lowest BCUT2D eigenvalue weighted by atomic mass is 9.72. The molecule has 0 spiro atoms. The molecule has 2 aliphatic heterocycles. The first-order chi connectivity index (χ1) is 6.53. The van der Waals surface area contributed by atoms with Crippen molar-refractivity contribution in [3.05, 3.63) is 0 Å². The predicted octanol–water partition coefficient (Wildman–Crippen LogP) is 2.09. The Bertz CT molecular complexity index is 262. The van der Waals surface area contributed by atoms with Gasteiger partial charge in [-0.2, -0.15) is 0 Å². The number of rotatable bonds is 3. The summed E-state index contributed by atoms with van der Waals surface area (Å²) in [5.41, 5.74) is 0.292. The van der Waals surface area contributed by atoms with E-state index in [1.54, 1.807) is 6.92 Å². The van der Waals surface area contributed by atoms with Crippen molar-refractivity contribution in [2.45, 2.75) is 38.5 Å². The fraction of sp³-hybridized carbons (Fsp3) is 1.00. The molecule has 2 bridgehead atoms. The normalized spacial score (nSPS) is 48.4. The van der Waals surface area contributed by atoms with E-state index < -0.39 is 13.5 Å². The van der Waals surface area contributed by atoms with Crippen LogP contribution in [0.4, 0.5) is 0 Å². The molecule has 4 heteroatoms. The van der Waals surface area contributed by atoms with Gasteiger partial charge in [-0.05, 0) is 31.6 Å². The average Bonchev–Trinajstić information content (AvgIpc) is 2.14. The van der Waals surface area contributed by atoms with Gasteiger partial charge >= 0.3 is 0 Å². The zero-order valence-corrected chi connectivity index (χ0v) is 9.74. The van der Waals surface area contributed by atoms with Crippen molar-refractivity contribution in [1.82, 2.24) is 0 Å². The van der Waals surface area contributed by atoms with E-state index in [0.717, 1.165) is 24.9 Å². The molecular formula is C10H19O3P. The molecule has 14 heavy (non-hydrogen) atoms. The second-order valence-corrected chi connectivity index (χ2v) is 7.63. The van der Waals surface area contributed by atoms with Gasteiger partial charge in [-0.1, -0.05) is 6.92 Å². The fourth-order valence-electron chi connectivity index (χ4n) is 2.66. The molecule has 1 saturated carbocycles. The average molecular weight is 218 g/mol. The Labute approximate surface area is 85.3 Å². The van der Waals surface area contributed by atoms with Crippen molar-refractivity contribution in [2.75, 3.05) is 12.8 Å². The number of hydrogen-bond acceptors (Lipinski definition) is 3. The Morgan fingerprint density at radius 1 is 1.64 bits per heavy atom. The molecule has 0 aromatic heterocycles. The van der Waals surface area contributed by atoms with Crippen LogP contribution in [0.5, 0.6) is 0 Å². The lowest BCUT2D eigenvalue weighted by molar-refractivity contribution is 0.103. The molecule has 0 aromatic carbocycles. The van der Waals surface area contributed by atoms with Gasteiger partial charge in [0.05, 0.1) is 12.7 Å². The number of aliphatic hydroxyl groups excluding tert-OH is 1. The fourth-order valence-corrected chi connectivity index (χ4v) is 6.03. The Morgan fingerprint density at radius 2 is 2.36 bits per heavy atom. The molecule has 5 atom stereocenters. The maximum Gasteiger partial charge on any atom is 0.206 e. The molecule has 0 radical (unpaired) electrons. The Kier molecular flexibility index (Phi) is 2.76. The van der Waals surface area contributed by atoms with Gasteiger partial charge in [-0.3, -0.25) is 4.57 Å². The SMILES string of the molecule is CC(O)COP1(=O)CC[C@@H]2C[C@@H]1[C@H]2C. The van der Waals surface area contributed by atoms with Crippen molar-refractivity contribution >= 4 is 7.37 Å². The van der Waals surface area contributed by atoms with Gasteiger partial charge in [-0.15, -0.1) is 0 Å². The van der Waals surface area contributed by atoms with Gasteiger partial charge in [0.25, 0.3) is 0 Å². The molecule has 1 N–H and O–H groups in total. The van der Waals surface area contributed by atoms with Crippen LogP contribution in [-0.4, -0.2) is 29.6 Å². The molecule has 3 nitrogen and oxygen atoms in total. The van der Waals surface area contributed by atoms with Crippen LogP contribution in [0, 0.1) is 11.8 Å². The van der Waals surface area contributed by atoms with E-state index in [1.165, 1.54) is 0 Å². The zero-order chi connectivity index (χ0) is 10.3. The first kappa shape index (κ1) is 10.7. The third-order valence-corrected chi connectivity index (χ3v) is 6.91. The lowest BCUT2D eigenvalue weighted by Crippen LogP contribution is -2.45. The maximum absolute atomic E-state index is 12.4. The second-order valence-electron chi connectivity index (χ2n) is 4.81. The van der Waals surface area contributed by atoms with Crippen LogP contribution >= 0.6 is 7.37 Å². The van der Waals surface area contributed by atoms with E-state index in [4.69, 9.17) is 9.63 Å². The first-order valence-corrected chi connectivity index (χ1v) is 7.32. The van der Waals surface area contributed by atoms with Crippen molar-refractivity contribution in [3.63, 3.8) is 0 Å². The summed E-state index contributed by atoms with van der Waals surface area (Å²) in [6.45, 7) is 4.07. The number of fused-ring (bicyclic) bond motifs is 2. The molecule has 2 heterocycles. The molecule has 2 saturated heterocycles. The predicted molar refractivity (Wildman–Crippen MR) is 55.8 cm³/mol. The van der Waals surface area contributed by atoms with Crippen LogP contribution < -0.4 is 0 Å². The van der Waals surface area contributed by atoms with Crippen molar-refractivity contribution in [2.24, 2.45) is 11.8 Å². The minimum atomic E-state index is -2.41. The van der Waals surface area contributed by atoms with E-state index in [2.05, 4.69) is 6.92 Å². The van der Waals surface area contributed by atoms with Crippen LogP contribution in [0.2, 0.25) is 0 Å². The highest BCUT2D eigenvalue weighted by Gasteiger charge is 2.53. The summed E-state index contributed by atoms with van der Waals surface area (Å²) in [5.74, 6) is 1.36. The minimum Gasteiger partial charge on any atom is -0.391 e. The maximum atomic E-state index is 12.4. The summed E-state index contributed by atoms with van der Waals surface area (Å²) in [4.78, 5) is 0. The van der Waals surface area contributed by atoms with Gasteiger partial charge in [0.15, 0.2) is 0 Å². The molecule has 3 aliphatic rings. The Balaban J connectivity index is 1.97. The van der Waals surface area contributed by atoms with Gasteiger partial charge in [0, 0.05) is 11.8 Å². The van der Waals surface area contributed by atoms with Crippen molar-refractivity contribution in [3.8, 4) is 0 Å². The van der Waals surface area contributed by atoms with Crippen LogP contribution in [0.15, 0.2) is 0 Å². The summed E-state index contributed by atoms with van der Waals surface area (Å²) >= 11 is 0. The van der Waals surface area contributed by atoms with Gasteiger partial charge in [0.2, 0.25) is 7.37 Å². The van der Waals surface area contributed by atoms with E-state index in [-0.39, 0.29) is 6.61 Å². The highest BCUT2D eigenvalue weighted by Crippen LogP contribution is 2.68. The third kappa shape index (κ3) is 1.66. The first-order valence-electron chi connectivity index (χ1n) is 5.44. The molecule has 1 aliphatic carbocycles. The minimum absolute atomic E-state index is 0.227. The highest BCUT2D eigenvalue weighted by atomic mass is 31.2. The standard InChI is InChI=1S/C10H19O3P/c1-7(11)6-13-14(12)4-3-9-5-10(14)8(9)2/h7-11H,3-6H2,1-2H3/t7?,8-,9+,10+,14?/m0/s1. The van der Waals surface area contributed by atoms with Crippen molar-refractivity contribution < 1.29 is 14.2 Å². The Morgan fingerprint density at radius 3 is 2.86 bits per heavy atom. The van der Waals surface area contributed by atoms with Crippen LogP contribution in [-0.2, 0) is 9.09 Å². The molecule has 82 valence electrons. The van der Waals surface area contributed by atoms with Gasteiger partial charge < -0.3 is 9.63 Å². The summed E-state index contributed by atoms with van der Waals surface area (Å²) in [5, 5.41) is 9.12. The molecule has 3 fully saturated rings. The quantitative estimate of drug-likeness (QED) is 0.738. The molecule has 0 aromatic rings. The largest absolute Gasteiger partial charge is 0.391 e. The highest BCUT2D eigenvalue weighted by molar-refractivity contribution is 7.60. The smallest absolute Gasteiger partial charge is 0.206 e. The molecule has 3 rings (SSSR count). The Hall–Kier alpha value is 0.150. The number of aliphatic hydroxyl groups is 1. The van der Waals surface area contributed by atoms with E-state index in [0.29, 0.717) is 11.6 Å². The van der Waals surface area contributed by atoms with Gasteiger partial charge in [-0.25, -0.2) is 0 Å². The summed E-state index contributed by atoms with van der Waals surface area (Å²) in [7, 11) is -2.41. The number of hydrogen-bond donors (Lipinski definition) is 1. The van der Waals surface area contributed by atoms with Crippen LogP contribution in [0.3, 0.4) is 0 Å². The second kappa shape index (κ2) is 3.62. The lowest BCUT2D eigenvalue weighted by Gasteiger charge is -2.51. The van der Waals surface area contributed by atoms with Crippen LogP contribution in [0.1, 0.15) is 26.7 Å². The third-order valence-electron chi connectivity index (χ3n) is 3.75. The summed E-state index contributed by atoms with van der Waals surface area (Å²) in [6.07, 6.45) is 2.36. The van der Waals surface area contributed by atoms with Crippen molar-refractivity contribution in [1.29, 1.82) is 0 Å². The molecule has 0 amide bonds. The topological polar surface area (TPSA) is 46.5 Å². The van der Waals surface area contributed by atoms with Crippen LogP contribution in [0.25, 0.3) is 0 Å². The molecule has 2 unspecified atom stereocenters. The monoisotopic (exact) mass is 218 g/mol. The summed E-state index contributed by atoms with van der Waals surface area (Å²) in [6, 6.07) is 0.